The molecule has 0 aromatic carbocycles. The minimum Gasteiger partial charge on any atom is -0.383 e. The smallest absolute Gasteiger partial charge is 0.236 e. The van der Waals surface area contributed by atoms with Gasteiger partial charge in [-0.2, -0.15) is 0 Å². The summed E-state index contributed by atoms with van der Waals surface area (Å²) in [5, 5.41) is 3.10. The van der Waals surface area contributed by atoms with Crippen LogP contribution in [0.3, 0.4) is 0 Å². The Morgan fingerprint density at radius 1 is 1.41 bits per heavy atom. The lowest BCUT2D eigenvalue weighted by molar-refractivity contribution is -0.130. The van der Waals surface area contributed by atoms with Crippen molar-refractivity contribution in [1.82, 2.24) is 10.2 Å². The third-order valence-corrected chi connectivity index (χ3v) is 3.13. The lowest BCUT2D eigenvalue weighted by atomic mass is 10.0. The number of halogens is 1. The van der Waals surface area contributed by atoms with Crippen molar-refractivity contribution >= 4 is 18.3 Å². The van der Waals surface area contributed by atoms with Gasteiger partial charge in [0.2, 0.25) is 5.91 Å². The number of carbonyl (C=O) groups excluding carboxylic acids is 1. The second-order valence-corrected chi connectivity index (χ2v) is 4.59. The van der Waals surface area contributed by atoms with Crippen molar-refractivity contribution in [1.29, 1.82) is 0 Å². The minimum absolute atomic E-state index is 0. The summed E-state index contributed by atoms with van der Waals surface area (Å²) in [6, 6.07) is 0. The molecular weight excluding hydrogens is 240 g/mol. The van der Waals surface area contributed by atoms with Crippen LogP contribution in [0, 0.1) is 5.92 Å². The van der Waals surface area contributed by atoms with Gasteiger partial charge in [0.15, 0.2) is 0 Å². The van der Waals surface area contributed by atoms with Crippen molar-refractivity contribution in [2.75, 3.05) is 39.9 Å². The van der Waals surface area contributed by atoms with Crippen molar-refractivity contribution in [3.8, 4) is 0 Å². The number of methoxy groups -OCH3 is 1. The summed E-state index contributed by atoms with van der Waals surface area (Å²) in [5.41, 5.74) is 0. The van der Waals surface area contributed by atoms with Gasteiger partial charge in [0.1, 0.15) is 0 Å². The summed E-state index contributed by atoms with van der Waals surface area (Å²) in [6.45, 7) is 5.96. The van der Waals surface area contributed by atoms with Crippen molar-refractivity contribution in [3.63, 3.8) is 0 Å². The average molecular weight is 265 g/mol. The van der Waals surface area contributed by atoms with Gasteiger partial charge in [-0.3, -0.25) is 4.79 Å². The fourth-order valence-corrected chi connectivity index (χ4v) is 1.99. The topological polar surface area (TPSA) is 41.6 Å². The third-order valence-electron chi connectivity index (χ3n) is 3.13. The van der Waals surface area contributed by atoms with Crippen molar-refractivity contribution in [3.05, 3.63) is 0 Å². The quantitative estimate of drug-likeness (QED) is 0.761. The van der Waals surface area contributed by atoms with Crippen molar-refractivity contribution in [2.45, 2.75) is 26.2 Å². The highest BCUT2D eigenvalue weighted by atomic mass is 35.5. The van der Waals surface area contributed by atoms with Gasteiger partial charge in [0.05, 0.1) is 13.2 Å². The molecule has 1 amide bonds. The molecule has 0 radical (unpaired) electrons. The molecule has 1 N–H and O–H groups in total. The van der Waals surface area contributed by atoms with Crippen LogP contribution in [-0.2, 0) is 9.53 Å². The number of amides is 1. The Labute approximate surface area is 110 Å². The van der Waals surface area contributed by atoms with Gasteiger partial charge in [-0.15, -0.1) is 12.4 Å². The van der Waals surface area contributed by atoms with E-state index in [0.717, 1.165) is 38.4 Å². The van der Waals surface area contributed by atoms with E-state index in [1.54, 1.807) is 7.11 Å². The molecule has 0 aromatic heterocycles. The van der Waals surface area contributed by atoms with Gasteiger partial charge < -0.3 is 15.0 Å². The van der Waals surface area contributed by atoms with E-state index in [4.69, 9.17) is 4.74 Å². The fourth-order valence-electron chi connectivity index (χ4n) is 1.99. The summed E-state index contributed by atoms with van der Waals surface area (Å²) in [5.74, 6) is 0.990. The van der Waals surface area contributed by atoms with Gasteiger partial charge in [-0.05, 0) is 25.2 Å². The molecule has 0 saturated carbocycles. The van der Waals surface area contributed by atoms with Gasteiger partial charge in [-0.25, -0.2) is 0 Å². The third kappa shape index (κ3) is 6.86. The summed E-state index contributed by atoms with van der Waals surface area (Å²) >= 11 is 0. The molecule has 1 fully saturated rings. The minimum atomic E-state index is 0. The molecule has 0 bridgehead atoms. The number of ether oxygens (including phenoxy) is 1. The normalized spacial score (nSPS) is 20.6. The maximum atomic E-state index is 11.8. The molecule has 0 aromatic rings. The summed E-state index contributed by atoms with van der Waals surface area (Å²) in [7, 11) is 1.67. The van der Waals surface area contributed by atoms with Gasteiger partial charge in [0, 0.05) is 26.7 Å². The molecule has 102 valence electrons. The number of hydrogen-bond donors (Lipinski definition) is 1. The van der Waals surface area contributed by atoms with Crippen LogP contribution >= 0.6 is 12.4 Å². The Balaban J connectivity index is 0.00000256. The molecular formula is C12H25ClN2O2. The standard InChI is InChI=1S/C12H24N2O2.ClH/c1-11-4-3-7-14(8-5-11)12(15)10-13-6-9-16-2;/h11,13H,3-10H2,1-2H3;1H. The molecule has 0 aliphatic carbocycles. The Kier molecular flexibility index (Phi) is 9.50. The lowest BCUT2D eigenvalue weighted by Crippen LogP contribution is -2.39. The molecule has 5 heteroatoms. The van der Waals surface area contributed by atoms with Gasteiger partial charge in [0.25, 0.3) is 0 Å². The first-order chi connectivity index (χ1) is 7.74. The van der Waals surface area contributed by atoms with Crippen LogP contribution in [0.15, 0.2) is 0 Å². The van der Waals surface area contributed by atoms with Crippen molar-refractivity contribution in [2.24, 2.45) is 5.92 Å². The highest BCUT2D eigenvalue weighted by Crippen LogP contribution is 2.16. The first kappa shape index (κ1) is 16.7. The predicted molar refractivity (Wildman–Crippen MR) is 71.6 cm³/mol. The Morgan fingerprint density at radius 2 is 2.18 bits per heavy atom. The van der Waals surface area contributed by atoms with Crippen LogP contribution in [0.2, 0.25) is 0 Å². The highest BCUT2D eigenvalue weighted by Gasteiger charge is 2.17. The first-order valence-corrected chi connectivity index (χ1v) is 6.21. The molecule has 1 unspecified atom stereocenters. The molecule has 1 aliphatic rings. The van der Waals surface area contributed by atoms with E-state index in [0.29, 0.717) is 13.2 Å². The SMILES string of the molecule is COCCNCC(=O)N1CCCC(C)CC1.Cl. The maximum absolute atomic E-state index is 11.8. The number of nitrogens with zero attached hydrogens (tertiary/aromatic N) is 1. The number of hydrogen-bond acceptors (Lipinski definition) is 3. The second kappa shape index (κ2) is 9.68. The molecule has 4 nitrogen and oxygen atoms in total. The van der Waals surface area contributed by atoms with Crippen LogP contribution in [0.1, 0.15) is 26.2 Å². The predicted octanol–water partition coefficient (Wildman–Crippen LogP) is 1.29. The van der Waals surface area contributed by atoms with Crippen LogP contribution < -0.4 is 5.32 Å². The molecule has 17 heavy (non-hydrogen) atoms. The maximum Gasteiger partial charge on any atom is 0.236 e. The van der Waals surface area contributed by atoms with Crippen LogP contribution in [0.25, 0.3) is 0 Å². The fraction of sp³-hybridized carbons (Fsp3) is 0.917. The van der Waals surface area contributed by atoms with E-state index in [1.807, 2.05) is 4.90 Å². The summed E-state index contributed by atoms with van der Waals surface area (Å²) < 4.78 is 4.92. The van der Waals surface area contributed by atoms with E-state index in [9.17, 15) is 4.79 Å². The Hall–Kier alpha value is -0.320. The second-order valence-electron chi connectivity index (χ2n) is 4.59. The zero-order chi connectivity index (χ0) is 11.8. The highest BCUT2D eigenvalue weighted by molar-refractivity contribution is 5.85. The summed E-state index contributed by atoms with van der Waals surface area (Å²) in [6.07, 6.45) is 3.54. The van der Waals surface area contributed by atoms with E-state index in [2.05, 4.69) is 12.2 Å². The van der Waals surface area contributed by atoms with Crippen LogP contribution in [-0.4, -0.2) is 50.7 Å². The van der Waals surface area contributed by atoms with E-state index >= 15 is 0 Å². The molecule has 1 atom stereocenters. The number of carbonyl (C=O) groups is 1. The summed E-state index contributed by atoms with van der Waals surface area (Å²) in [4.78, 5) is 13.8. The number of likely N-dealkylation sites (tertiary alicyclic amines) is 1. The lowest BCUT2D eigenvalue weighted by Gasteiger charge is -2.20. The number of rotatable bonds is 5. The molecule has 0 spiro atoms. The Morgan fingerprint density at radius 3 is 2.88 bits per heavy atom. The first-order valence-electron chi connectivity index (χ1n) is 6.21. The molecule has 1 rings (SSSR count). The largest absolute Gasteiger partial charge is 0.383 e. The monoisotopic (exact) mass is 264 g/mol. The average Bonchev–Trinajstić information content (AvgIpc) is 2.49. The number of nitrogens with one attached hydrogen (secondary N) is 1. The van der Waals surface area contributed by atoms with Crippen LogP contribution in [0.4, 0.5) is 0 Å². The van der Waals surface area contributed by atoms with E-state index in [1.165, 1.54) is 6.42 Å². The van der Waals surface area contributed by atoms with Crippen LogP contribution in [0.5, 0.6) is 0 Å². The van der Waals surface area contributed by atoms with Gasteiger partial charge in [-0.1, -0.05) is 6.92 Å². The molecule has 1 saturated heterocycles. The van der Waals surface area contributed by atoms with E-state index < -0.39 is 0 Å². The molecule has 1 aliphatic heterocycles. The Bertz CT molecular complexity index is 215. The van der Waals surface area contributed by atoms with Gasteiger partial charge >= 0.3 is 0 Å². The zero-order valence-electron chi connectivity index (χ0n) is 10.9. The zero-order valence-corrected chi connectivity index (χ0v) is 11.7. The van der Waals surface area contributed by atoms with E-state index in [-0.39, 0.29) is 18.3 Å². The van der Waals surface area contributed by atoms with Crippen molar-refractivity contribution < 1.29 is 9.53 Å². The molecule has 1 heterocycles.